The van der Waals surface area contributed by atoms with Crippen molar-refractivity contribution in [2.45, 2.75) is 58.0 Å². The van der Waals surface area contributed by atoms with Gasteiger partial charge in [0, 0.05) is 13.0 Å². The summed E-state index contributed by atoms with van der Waals surface area (Å²) in [6, 6.07) is 12.4. The van der Waals surface area contributed by atoms with E-state index in [2.05, 4.69) is 39.9 Å². The molecule has 136 valence electrons. The van der Waals surface area contributed by atoms with Crippen LogP contribution < -0.4 is 0 Å². The summed E-state index contributed by atoms with van der Waals surface area (Å²) < 4.78 is 17.6. The molecule has 5 heteroatoms. The topological polar surface area (TPSA) is 51.5 Å². The van der Waals surface area contributed by atoms with Crippen molar-refractivity contribution in [1.82, 2.24) is 0 Å². The monoisotopic (exact) mass is 359 g/mol. The van der Waals surface area contributed by atoms with Crippen molar-refractivity contribution in [2.24, 2.45) is 5.92 Å². The zero-order valence-corrected chi connectivity index (χ0v) is 16.9. The Labute approximate surface area is 152 Å². The van der Waals surface area contributed by atoms with E-state index in [1.807, 2.05) is 30.3 Å². The van der Waals surface area contributed by atoms with Crippen molar-refractivity contribution >= 4 is 8.32 Å². The van der Waals surface area contributed by atoms with Crippen LogP contribution in [0.1, 0.15) is 32.8 Å². The molecule has 25 heavy (non-hydrogen) atoms. The third-order valence-electron chi connectivity index (χ3n) is 5.02. The van der Waals surface area contributed by atoms with Gasteiger partial charge in [-0.15, -0.1) is 0 Å². The van der Waals surface area contributed by atoms with Gasteiger partial charge >= 0.3 is 0 Å². The van der Waals surface area contributed by atoms with Crippen LogP contribution in [0.25, 0.3) is 0 Å². The highest BCUT2D eigenvalue weighted by Crippen LogP contribution is 2.37. The van der Waals surface area contributed by atoms with Crippen molar-refractivity contribution in [3.05, 3.63) is 47.9 Å². The molecule has 0 aliphatic carbocycles. The smallest absolute Gasteiger partial charge is 0.244 e. The summed E-state index contributed by atoms with van der Waals surface area (Å²) >= 11 is 0. The third kappa shape index (κ3) is 5.35. The first-order valence-electron chi connectivity index (χ1n) is 8.82. The molecule has 0 bridgehead atoms. The van der Waals surface area contributed by atoms with E-state index in [1.54, 1.807) is 6.26 Å². The maximum Gasteiger partial charge on any atom is 0.244 e. The van der Waals surface area contributed by atoms with Crippen LogP contribution in [-0.4, -0.2) is 21.2 Å². The molecule has 0 saturated carbocycles. The van der Waals surface area contributed by atoms with Gasteiger partial charge in [-0.1, -0.05) is 51.1 Å². The molecule has 0 aromatic heterocycles. The van der Waals surface area contributed by atoms with Gasteiger partial charge in [-0.05, 0) is 30.1 Å². The number of allylic oxidation sites excluding steroid dienone is 1. The first-order valence-corrected chi connectivity index (χ1v) is 11.7. The van der Waals surface area contributed by atoms with E-state index in [4.69, 9.17) is 13.9 Å². The molecule has 1 aromatic rings. The molecule has 0 radical (unpaired) electrons. The Balaban J connectivity index is 1.83. The Kier molecular flexibility index (Phi) is 6.31. The fourth-order valence-electron chi connectivity index (χ4n) is 2.33. The number of nitrogens with zero attached hydrogens (tertiary/aromatic N) is 1. The van der Waals surface area contributed by atoms with Crippen molar-refractivity contribution in [3.8, 4) is 6.07 Å². The second-order valence-corrected chi connectivity index (χ2v) is 12.8. The largest absolute Gasteiger partial charge is 0.459 e. The van der Waals surface area contributed by atoms with Crippen LogP contribution >= 0.6 is 0 Å². The van der Waals surface area contributed by atoms with Gasteiger partial charge in [-0.3, -0.25) is 0 Å². The average Bonchev–Trinajstić information content (AvgIpc) is 2.99. The highest BCUT2D eigenvalue weighted by atomic mass is 28.4. The van der Waals surface area contributed by atoms with Gasteiger partial charge in [-0.2, -0.15) is 5.26 Å². The first kappa shape index (κ1) is 19.6. The SMILES string of the molecule is CC(C)(C)[Si](C)(C)OCCC(C#N)C1=COC(Cc2ccccc2)O1. The number of ether oxygens (including phenoxy) is 2. The molecule has 4 nitrogen and oxygen atoms in total. The second-order valence-electron chi connectivity index (χ2n) is 7.97. The van der Waals surface area contributed by atoms with Gasteiger partial charge in [0.05, 0.1) is 6.07 Å². The molecule has 1 aliphatic rings. The molecule has 2 rings (SSSR count). The minimum absolute atomic E-state index is 0.169. The second kappa shape index (κ2) is 8.07. The maximum atomic E-state index is 9.48. The lowest BCUT2D eigenvalue weighted by Crippen LogP contribution is -2.41. The Bertz CT molecular complexity index is 629. The Morgan fingerprint density at radius 2 is 1.92 bits per heavy atom. The molecule has 0 spiro atoms. The highest BCUT2D eigenvalue weighted by Gasteiger charge is 2.37. The predicted octanol–water partition coefficient (Wildman–Crippen LogP) is 5.00. The van der Waals surface area contributed by atoms with Crippen LogP contribution in [-0.2, 0) is 20.3 Å². The van der Waals surface area contributed by atoms with E-state index < -0.39 is 8.32 Å². The van der Waals surface area contributed by atoms with Crippen LogP contribution in [0.4, 0.5) is 0 Å². The standard InChI is InChI=1S/C20H29NO3Si/c1-20(2,3)25(4,5)23-12-11-17(14-21)18-15-22-19(24-18)13-16-9-7-6-8-10-16/h6-10,15,17,19H,11-13H2,1-5H3. The Morgan fingerprint density at radius 1 is 1.24 bits per heavy atom. The van der Waals surface area contributed by atoms with Gasteiger partial charge in [0.25, 0.3) is 0 Å². The molecule has 1 heterocycles. The van der Waals surface area contributed by atoms with Gasteiger partial charge < -0.3 is 13.9 Å². The molecule has 0 N–H and O–H groups in total. The van der Waals surface area contributed by atoms with Gasteiger partial charge in [0.2, 0.25) is 6.29 Å². The van der Waals surface area contributed by atoms with Crippen molar-refractivity contribution in [1.29, 1.82) is 5.26 Å². The van der Waals surface area contributed by atoms with Crippen molar-refractivity contribution in [2.75, 3.05) is 6.61 Å². The zero-order valence-electron chi connectivity index (χ0n) is 15.9. The summed E-state index contributed by atoms with van der Waals surface area (Å²) in [6.07, 6.45) is 2.53. The van der Waals surface area contributed by atoms with E-state index >= 15 is 0 Å². The molecule has 2 unspecified atom stereocenters. The molecule has 0 amide bonds. The summed E-state index contributed by atoms with van der Waals surface area (Å²) in [6.45, 7) is 11.7. The van der Waals surface area contributed by atoms with Crippen molar-refractivity contribution in [3.63, 3.8) is 0 Å². The Morgan fingerprint density at radius 3 is 2.52 bits per heavy atom. The first-order chi connectivity index (χ1) is 11.7. The minimum Gasteiger partial charge on any atom is -0.459 e. The summed E-state index contributed by atoms with van der Waals surface area (Å²) in [4.78, 5) is 0. The lowest BCUT2D eigenvalue weighted by Gasteiger charge is -2.36. The fraction of sp³-hybridized carbons (Fsp3) is 0.550. The summed E-state index contributed by atoms with van der Waals surface area (Å²) in [7, 11) is -1.79. The normalized spacial score (nSPS) is 18.7. The molecule has 1 aliphatic heterocycles. The van der Waals surface area contributed by atoms with E-state index in [0.29, 0.717) is 25.2 Å². The fourth-order valence-corrected chi connectivity index (χ4v) is 3.39. The average molecular weight is 360 g/mol. The Hall–Kier alpha value is -1.77. The number of hydrogen-bond donors (Lipinski definition) is 0. The number of nitriles is 1. The minimum atomic E-state index is -1.79. The van der Waals surface area contributed by atoms with E-state index in [-0.39, 0.29) is 17.2 Å². The molecular formula is C20H29NO3Si. The van der Waals surface area contributed by atoms with Gasteiger partial charge in [0.1, 0.15) is 12.2 Å². The van der Waals surface area contributed by atoms with E-state index in [9.17, 15) is 5.26 Å². The number of benzene rings is 1. The zero-order chi connectivity index (χ0) is 18.5. The van der Waals surface area contributed by atoms with Crippen LogP contribution in [0.3, 0.4) is 0 Å². The van der Waals surface area contributed by atoms with E-state index in [1.165, 1.54) is 0 Å². The van der Waals surface area contributed by atoms with E-state index in [0.717, 1.165) is 5.56 Å². The quantitative estimate of drug-likeness (QED) is 0.643. The predicted molar refractivity (Wildman–Crippen MR) is 101 cm³/mol. The van der Waals surface area contributed by atoms with Crippen molar-refractivity contribution < 1.29 is 13.9 Å². The summed E-state index contributed by atoms with van der Waals surface area (Å²) in [5.41, 5.74) is 1.15. The summed E-state index contributed by atoms with van der Waals surface area (Å²) in [5, 5.41) is 9.65. The van der Waals surface area contributed by atoms with Crippen LogP contribution in [0, 0.1) is 17.2 Å². The van der Waals surface area contributed by atoms with Crippen LogP contribution in [0.5, 0.6) is 0 Å². The highest BCUT2D eigenvalue weighted by molar-refractivity contribution is 6.74. The van der Waals surface area contributed by atoms with Crippen LogP contribution in [0.15, 0.2) is 42.4 Å². The lowest BCUT2D eigenvalue weighted by molar-refractivity contribution is -0.0347. The number of hydrogen-bond acceptors (Lipinski definition) is 4. The van der Waals surface area contributed by atoms with Gasteiger partial charge in [0.15, 0.2) is 14.1 Å². The number of rotatable bonds is 7. The lowest BCUT2D eigenvalue weighted by atomic mass is 10.1. The van der Waals surface area contributed by atoms with Gasteiger partial charge in [-0.25, -0.2) is 0 Å². The molecule has 2 atom stereocenters. The third-order valence-corrected chi connectivity index (χ3v) is 9.56. The maximum absolute atomic E-state index is 9.48. The molecule has 0 saturated heterocycles. The molecular weight excluding hydrogens is 330 g/mol. The molecule has 1 aromatic carbocycles. The summed E-state index contributed by atoms with van der Waals surface area (Å²) in [5.74, 6) is 0.285. The molecule has 0 fully saturated rings. The van der Waals surface area contributed by atoms with Crippen LogP contribution in [0.2, 0.25) is 18.1 Å².